The third-order valence-electron chi connectivity index (χ3n) is 4.32. The van der Waals surface area contributed by atoms with Crippen LogP contribution in [0.4, 0.5) is 14.9 Å². The maximum Gasteiger partial charge on any atom is 0.322 e. The molecule has 2 aromatic rings. The summed E-state index contributed by atoms with van der Waals surface area (Å²) in [5, 5.41) is 10.6. The molecule has 1 aliphatic heterocycles. The van der Waals surface area contributed by atoms with Gasteiger partial charge in [-0.3, -0.25) is 14.9 Å². The number of aromatic nitrogens is 1. The van der Waals surface area contributed by atoms with Crippen molar-refractivity contribution < 1.29 is 19.1 Å². The Kier molecular flexibility index (Phi) is 6.99. The van der Waals surface area contributed by atoms with Crippen LogP contribution in [0.25, 0.3) is 0 Å². The fourth-order valence-corrected chi connectivity index (χ4v) is 4.21. The molecule has 0 spiro atoms. The van der Waals surface area contributed by atoms with Crippen molar-refractivity contribution in [3.05, 3.63) is 28.6 Å². The first-order valence-electron chi connectivity index (χ1n) is 9.05. The fourth-order valence-electron chi connectivity index (χ4n) is 2.89. The maximum absolute atomic E-state index is 12.5. The van der Waals surface area contributed by atoms with Crippen LogP contribution in [-0.2, 0) is 20.7 Å². The normalized spacial score (nSPS) is 14.5. The van der Waals surface area contributed by atoms with Crippen molar-refractivity contribution in [3.8, 4) is 0 Å². The predicted molar refractivity (Wildman–Crippen MR) is 109 cm³/mol. The van der Waals surface area contributed by atoms with Gasteiger partial charge in [-0.25, -0.2) is 9.78 Å². The minimum Gasteiger partial charge on any atom is -0.466 e. The minimum absolute atomic E-state index is 0.0952. The zero-order valence-electron chi connectivity index (χ0n) is 15.5. The molecular formula is C18H22N4O4S2. The van der Waals surface area contributed by atoms with E-state index in [1.54, 1.807) is 17.2 Å². The van der Waals surface area contributed by atoms with Crippen LogP contribution in [0.3, 0.4) is 0 Å². The summed E-state index contributed by atoms with van der Waals surface area (Å²) in [6, 6.07) is 3.60. The highest BCUT2D eigenvalue weighted by molar-refractivity contribution is 7.14. The average molecular weight is 423 g/mol. The number of carbonyl (C=O) groups is 3. The second-order valence-corrected chi connectivity index (χ2v) is 8.09. The van der Waals surface area contributed by atoms with Gasteiger partial charge in [0.25, 0.3) is 0 Å². The largest absolute Gasteiger partial charge is 0.466 e. The van der Waals surface area contributed by atoms with Crippen molar-refractivity contribution in [1.29, 1.82) is 0 Å². The molecule has 3 amide bonds. The van der Waals surface area contributed by atoms with Crippen molar-refractivity contribution in [2.24, 2.45) is 5.92 Å². The molecule has 28 heavy (non-hydrogen) atoms. The van der Waals surface area contributed by atoms with Crippen LogP contribution in [-0.4, -0.2) is 47.5 Å². The molecule has 2 N–H and O–H groups in total. The number of carbonyl (C=O) groups excluding carboxylic acids is 3. The third kappa shape index (κ3) is 5.52. The van der Waals surface area contributed by atoms with Gasteiger partial charge in [-0.15, -0.1) is 22.7 Å². The molecule has 3 rings (SSSR count). The molecule has 1 saturated heterocycles. The number of likely N-dealkylation sites (tertiary alicyclic amines) is 1. The Bertz CT molecular complexity index is 813. The molecule has 0 unspecified atom stereocenters. The molecule has 2 aromatic heterocycles. The number of hydrogen-bond acceptors (Lipinski definition) is 7. The number of nitrogens with zero attached hydrogens (tertiary/aromatic N) is 2. The SMILES string of the molecule is CCOC(=O)Cc1csc(NC(=O)C2CCN(C(=O)Nc3cccs3)CC2)n1. The van der Waals surface area contributed by atoms with E-state index in [-0.39, 0.29) is 30.2 Å². The molecule has 1 aliphatic rings. The molecule has 0 aliphatic carbocycles. The molecular weight excluding hydrogens is 400 g/mol. The Morgan fingerprint density at radius 2 is 2.04 bits per heavy atom. The number of anilines is 2. The fraction of sp³-hybridized carbons (Fsp3) is 0.444. The summed E-state index contributed by atoms with van der Waals surface area (Å²) in [5.41, 5.74) is 0.582. The summed E-state index contributed by atoms with van der Waals surface area (Å²) in [4.78, 5) is 42.2. The highest BCUT2D eigenvalue weighted by atomic mass is 32.1. The van der Waals surface area contributed by atoms with Gasteiger partial charge in [-0.05, 0) is 37.3 Å². The van der Waals surface area contributed by atoms with Gasteiger partial charge in [-0.1, -0.05) is 0 Å². The van der Waals surface area contributed by atoms with Crippen LogP contribution >= 0.6 is 22.7 Å². The van der Waals surface area contributed by atoms with Crippen LogP contribution in [0.15, 0.2) is 22.9 Å². The van der Waals surface area contributed by atoms with Gasteiger partial charge in [0.2, 0.25) is 5.91 Å². The highest BCUT2D eigenvalue weighted by Gasteiger charge is 2.28. The van der Waals surface area contributed by atoms with Crippen LogP contribution in [0.1, 0.15) is 25.5 Å². The topological polar surface area (TPSA) is 101 Å². The third-order valence-corrected chi connectivity index (χ3v) is 5.91. The Hall–Kier alpha value is -2.46. The summed E-state index contributed by atoms with van der Waals surface area (Å²) in [7, 11) is 0. The lowest BCUT2D eigenvalue weighted by Gasteiger charge is -2.31. The number of ether oxygens (including phenoxy) is 1. The predicted octanol–water partition coefficient (Wildman–Crippen LogP) is 3.19. The number of thiazole rings is 1. The molecule has 0 bridgehead atoms. The van der Waals surface area contributed by atoms with Crippen molar-refractivity contribution in [1.82, 2.24) is 9.88 Å². The summed E-state index contributed by atoms with van der Waals surface area (Å²) in [5.74, 6) is -0.600. The molecule has 10 heteroatoms. The molecule has 3 heterocycles. The zero-order chi connectivity index (χ0) is 19.9. The van der Waals surface area contributed by atoms with E-state index in [9.17, 15) is 14.4 Å². The van der Waals surface area contributed by atoms with Crippen molar-refractivity contribution in [2.45, 2.75) is 26.2 Å². The lowest BCUT2D eigenvalue weighted by atomic mass is 9.96. The van der Waals surface area contributed by atoms with Gasteiger partial charge in [0.1, 0.15) is 0 Å². The standard InChI is InChI=1S/C18H22N4O4S2/c1-2-26-15(23)10-13-11-28-17(19-13)21-16(24)12-5-7-22(8-6-12)18(25)20-14-4-3-9-27-14/h3-4,9,11-12H,2,5-8,10H2,1H3,(H,20,25)(H,19,21,24). The molecule has 0 aromatic carbocycles. The number of nitrogens with one attached hydrogen (secondary N) is 2. The van der Waals surface area contributed by atoms with Gasteiger partial charge < -0.3 is 15.0 Å². The number of thiophene rings is 1. The van der Waals surface area contributed by atoms with Gasteiger partial charge in [0.05, 0.1) is 23.7 Å². The zero-order valence-corrected chi connectivity index (χ0v) is 17.1. The smallest absolute Gasteiger partial charge is 0.322 e. The monoisotopic (exact) mass is 422 g/mol. The van der Waals surface area contributed by atoms with E-state index < -0.39 is 0 Å². The van der Waals surface area contributed by atoms with Crippen molar-refractivity contribution in [3.63, 3.8) is 0 Å². The van der Waals surface area contributed by atoms with E-state index in [1.165, 1.54) is 22.7 Å². The Labute approximate surface area is 170 Å². The van der Waals surface area contributed by atoms with E-state index >= 15 is 0 Å². The molecule has 0 atom stereocenters. The first kappa shape index (κ1) is 20.3. The second-order valence-electron chi connectivity index (χ2n) is 6.28. The van der Waals surface area contributed by atoms with Gasteiger partial charge >= 0.3 is 12.0 Å². The first-order chi connectivity index (χ1) is 13.5. The van der Waals surface area contributed by atoms with Gasteiger partial charge in [0, 0.05) is 24.4 Å². The summed E-state index contributed by atoms with van der Waals surface area (Å²) in [6.45, 7) is 3.14. The Morgan fingerprint density at radius 3 is 2.71 bits per heavy atom. The molecule has 0 saturated carbocycles. The van der Waals surface area contributed by atoms with Gasteiger partial charge in [0.15, 0.2) is 5.13 Å². The summed E-state index contributed by atoms with van der Waals surface area (Å²) >= 11 is 2.76. The summed E-state index contributed by atoms with van der Waals surface area (Å²) < 4.78 is 4.90. The van der Waals surface area contributed by atoms with Crippen LogP contribution < -0.4 is 10.6 Å². The number of amides is 3. The Balaban J connectivity index is 1.44. The van der Waals surface area contributed by atoms with Gasteiger partial charge in [-0.2, -0.15) is 0 Å². The summed E-state index contributed by atoms with van der Waals surface area (Å²) in [6.07, 6.45) is 1.30. The Morgan fingerprint density at radius 1 is 1.25 bits per heavy atom. The van der Waals surface area contributed by atoms with Crippen LogP contribution in [0.2, 0.25) is 0 Å². The van der Waals surface area contributed by atoms with E-state index in [2.05, 4.69) is 15.6 Å². The van der Waals surface area contributed by atoms with E-state index in [0.29, 0.717) is 43.4 Å². The highest BCUT2D eigenvalue weighted by Crippen LogP contribution is 2.23. The second kappa shape index (κ2) is 9.65. The van der Waals surface area contributed by atoms with Crippen LogP contribution in [0, 0.1) is 5.92 Å². The van der Waals surface area contributed by atoms with E-state index in [1.807, 2.05) is 17.5 Å². The first-order valence-corrected chi connectivity index (χ1v) is 10.8. The van der Waals surface area contributed by atoms with E-state index in [0.717, 1.165) is 5.00 Å². The lowest BCUT2D eigenvalue weighted by molar-refractivity contribution is -0.142. The van der Waals surface area contributed by atoms with Crippen LogP contribution in [0.5, 0.6) is 0 Å². The van der Waals surface area contributed by atoms with Crippen molar-refractivity contribution in [2.75, 3.05) is 30.3 Å². The molecule has 150 valence electrons. The molecule has 0 radical (unpaired) electrons. The number of rotatable bonds is 6. The molecule has 1 fully saturated rings. The number of piperidine rings is 1. The molecule has 8 nitrogen and oxygen atoms in total. The average Bonchev–Trinajstić information content (AvgIpc) is 3.34. The minimum atomic E-state index is -0.334. The number of esters is 1. The number of urea groups is 1. The quantitative estimate of drug-likeness (QED) is 0.697. The lowest BCUT2D eigenvalue weighted by Crippen LogP contribution is -2.43. The van der Waals surface area contributed by atoms with E-state index in [4.69, 9.17) is 4.74 Å². The maximum atomic E-state index is 12.5. The number of hydrogen-bond donors (Lipinski definition) is 2. The van der Waals surface area contributed by atoms with Crippen molar-refractivity contribution >= 4 is 50.7 Å².